The van der Waals surface area contributed by atoms with Gasteiger partial charge in [0.1, 0.15) is 11.8 Å². The predicted octanol–water partition coefficient (Wildman–Crippen LogP) is 2.29. The second kappa shape index (κ2) is 7.61. The second-order valence-corrected chi connectivity index (χ2v) is 4.89. The molecule has 25 heavy (non-hydrogen) atoms. The number of nitrogens with zero attached hydrogens (tertiary/aromatic N) is 2. The number of hydrazone groups is 1. The van der Waals surface area contributed by atoms with Crippen LogP contribution in [0.25, 0.3) is 11.1 Å². The van der Waals surface area contributed by atoms with E-state index >= 15 is 0 Å². The van der Waals surface area contributed by atoms with Crippen LogP contribution in [0, 0.1) is 16.7 Å². The van der Waals surface area contributed by atoms with Gasteiger partial charge in [0, 0.05) is 0 Å². The van der Waals surface area contributed by atoms with Gasteiger partial charge >= 0.3 is 5.97 Å². The Morgan fingerprint density at radius 1 is 1.28 bits per heavy atom. The lowest BCUT2D eigenvalue weighted by atomic mass is 10.0. The van der Waals surface area contributed by atoms with Gasteiger partial charge in [0.25, 0.3) is 0 Å². The Labute approximate surface area is 143 Å². The first-order chi connectivity index (χ1) is 12.0. The fourth-order valence-corrected chi connectivity index (χ4v) is 2.05. The first-order valence-corrected chi connectivity index (χ1v) is 7.06. The molecule has 2 aromatic rings. The first kappa shape index (κ1) is 17.5. The summed E-state index contributed by atoms with van der Waals surface area (Å²) in [6.07, 6.45) is 0. The van der Waals surface area contributed by atoms with Crippen LogP contribution in [-0.2, 0) is 0 Å². The quantitative estimate of drug-likeness (QED) is 0.361. The van der Waals surface area contributed by atoms with E-state index in [1.807, 2.05) is 12.1 Å². The third kappa shape index (κ3) is 4.11. The Morgan fingerprint density at radius 2 is 1.92 bits per heavy atom. The maximum Gasteiger partial charge on any atom is 0.337 e. The largest absolute Gasteiger partial charge is 0.497 e. The van der Waals surface area contributed by atoms with E-state index < -0.39 is 11.8 Å². The average molecular weight is 337 g/mol. The van der Waals surface area contributed by atoms with Crippen molar-refractivity contribution in [3.05, 3.63) is 48.0 Å². The number of anilines is 1. The van der Waals surface area contributed by atoms with E-state index in [1.165, 1.54) is 6.07 Å². The smallest absolute Gasteiger partial charge is 0.337 e. The zero-order chi connectivity index (χ0) is 18.4. The Bertz CT molecular complexity index is 882. The van der Waals surface area contributed by atoms with Crippen LogP contribution in [-0.4, -0.2) is 29.7 Å². The number of amidine groups is 1. The molecule has 0 saturated heterocycles. The fourth-order valence-electron chi connectivity index (χ4n) is 2.05. The van der Waals surface area contributed by atoms with Gasteiger partial charge in [-0.1, -0.05) is 18.2 Å². The standard InChI is InChI=1S/C17H15N5O3/c1-25-12-5-2-10(3-6-12)11-4-7-13(17(23)24)14(8-11)21-22-15(9-18)16(19)20/h2-8,21H,1H3,(H3,19,20)(H,23,24)/b22-15+. The molecule has 0 amide bonds. The van der Waals surface area contributed by atoms with E-state index in [-0.39, 0.29) is 17.0 Å². The molecule has 8 nitrogen and oxygen atoms in total. The zero-order valence-electron chi connectivity index (χ0n) is 13.3. The number of methoxy groups -OCH3 is 1. The van der Waals surface area contributed by atoms with Gasteiger partial charge in [-0.2, -0.15) is 10.4 Å². The van der Waals surface area contributed by atoms with Crippen molar-refractivity contribution >= 4 is 23.2 Å². The maximum atomic E-state index is 11.4. The SMILES string of the molecule is COc1ccc(-c2ccc(C(=O)O)c(N/N=C(\C#N)C(=N)N)c2)cc1. The summed E-state index contributed by atoms with van der Waals surface area (Å²) in [4.78, 5) is 11.4. The topological polar surface area (TPSA) is 145 Å². The summed E-state index contributed by atoms with van der Waals surface area (Å²) in [7, 11) is 1.57. The van der Waals surface area contributed by atoms with Crippen molar-refractivity contribution < 1.29 is 14.6 Å². The molecule has 0 unspecified atom stereocenters. The molecule has 8 heteroatoms. The van der Waals surface area contributed by atoms with Crippen LogP contribution >= 0.6 is 0 Å². The predicted molar refractivity (Wildman–Crippen MR) is 94.0 cm³/mol. The number of carbonyl (C=O) groups is 1. The van der Waals surface area contributed by atoms with Gasteiger partial charge < -0.3 is 15.6 Å². The minimum atomic E-state index is -1.15. The van der Waals surface area contributed by atoms with Gasteiger partial charge in [0.05, 0.1) is 18.4 Å². The second-order valence-electron chi connectivity index (χ2n) is 4.89. The van der Waals surface area contributed by atoms with Crippen LogP contribution in [0.5, 0.6) is 5.75 Å². The Hall–Kier alpha value is -3.86. The number of rotatable bonds is 6. The van der Waals surface area contributed by atoms with Crippen molar-refractivity contribution in [3.8, 4) is 22.9 Å². The molecule has 2 aromatic carbocycles. The zero-order valence-corrected chi connectivity index (χ0v) is 13.3. The van der Waals surface area contributed by atoms with Crippen LogP contribution in [0.2, 0.25) is 0 Å². The monoisotopic (exact) mass is 337 g/mol. The molecule has 0 aliphatic rings. The molecule has 0 spiro atoms. The van der Waals surface area contributed by atoms with Crippen molar-refractivity contribution in [3.63, 3.8) is 0 Å². The number of nitrogens with one attached hydrogen (secondary N) is 2. The lowest BCUT2D eigenvalue weighted by Gasteiger charge is -2.10. The summed E-state index contributed by atoms with van der Waals surface area (Å²) in [5, 5.41) is 29.1. The highest BCUT2D eigenvalue weighted by molar-refractivity contribution is 6.45. The Kier molecular flexibility index (Phi) is 5.32. The molecule has 0 aromatic heterocycles. The van der Waals surface area contributed by atoms with Crippen molar-refractivity contribution in [2.24, 2.45) is 10.8 Å². The molecule has 0 radical (unpaired) electrons. The third-order valence-corrected chi connectivity index (χ3v) is 3.32. The number of hydrogen-bond acceptors (Lipinski definition) is 6. The summed E-state index contributed by atoms with van der Waals surface area (Å²) < 4.78 is 5.11. The highest BCUT2D eigenvalue weighted by Gasteiger charge is 2.12. The molecular formula is C17H15N5O3. The lowest BCUT2D eigenvalue weighted by molar-refractivity contribution is 0.0698. The van der Waals surface area contributed by atoms with Gasteiger partial charge in [0.2, 0.25) is 5.71 Å². The van der Waals surface area contributed by atoms with Crippen LogP contribution in [0.1, 0.15) is 10.4 Å². The summed E-state index contributed by atoms with van der Waals surface area (Å²) in [6, 6.07) is 13.6. The van der Waals surface area contributed by atoms with E-state index in [0.29, 0.717) is 5.75 Å². The summed E-state index contributed by atoms with van der Waals surface area (Å²) >= 11 is 0. The van der Waals surface area contributed by atoms with E-state index in [0.717, 1.165) is 11.1 Å². The number of aromatic carboxylic acids is 1. The molecule has 126 valence electrons. The van der Waals surface area contributed by atoms with E-state index in [4.69, 9.17) is 21.1 Å². The minimum absolute atomic E-state index is 0.0261. The highest BCUT2D eigenvalue weighted by Crippen LogP contribution is 2.27. The summed E-state index contributed by atoms with van der Waals surface area (Å²) in [5.74, 6) is -0.965. The van der Waals surface area contributed by atoms with E-state index in [1.54, 1.807) is 37.4 Å². The van der Waals surface area contributed by atoms with Gasteiger partial charge in [-0.25, -0.2) is 4.79 Å². The normalized spacial score (nSPS) is 10.6. The Balaban J connectivity index is 2.44. The maximum absolute atomic E-state index is 11.4. The molecule has 0 bridgehead atoms. The molecule has 5 N–H and O–H groups in total. The van der Waals surface area contributed by atoms with Crippen LogP contribution in [0.4, 0.5) is 5.69 Å². The number of ether oxygens (including phenoxy) is 1. The first-order valence-electron chi connectivity index (χ1n) is 7.06. The molecule has 0 aliphatic carbocycles. The number of hydrogen-bond donors (Lipinski definition) is 4. The number of carboxylic acid groups (broad SMARTS) is 1. The number of benzene rings is 2. The molecule has 0 fully saturated rings. The fraction of sp³-hybridized carbons (Fsp3) is 0.0588. The van der Waals surface area contributed by atoms with Crippen molar-refractivity contribution in [1.82, 2.24) is 0 Å². The molecular weight excluding hydrogens is 322 g/mol. The van der Waals surface area contributed by atoms with E-state index in [2.05, 4.69) is 10.5 Å². The van der Waals surface area contributed by atoms with Crippen LogP contribution < -0.4 is 15.9 Å². The Morgan fingerprint density at radius 3 is 2.44 bits per heavy atom. The molecule has 0 aliphatic heterocycles. The third-order valence-electron chi connectivity index (χ3n) is 3.32. The lowest BCUT2D eigenvalue weighted by Crippen LogP contribution is -2.22. The average Bonchev–Trinajstić information content (AvgIpc) is 2.61. The van der Waals surface area contributed by atoms with Gasteiger partial charge in [0.15, 0.2) is 5.84 Å². The number of nitriles is 1. The van der Waals surface area contributed by atoms with E-state index in [9.17, 15) is 9.90 Å². The minimum Gasteiger partial charge on any atom is -0.497 e. The number of carboxylic acids is 1. The van der Waals surface area contributed by atoms with Gasteiger partial charge in [-0.05, 0) is 35.4 Å². The molecule has 0 saturated carbocycles. The molecule has 0 atom stereocenters. The summed E-state index contributed by atoms with van der Waals surface area (Å²) in [5.41, 5.74) is 9.11. The molecule has 2 rings (SSSR count). The van der Waals surface area contributed by atoms with Gasteiger partial charge in [-0.3, -0.25) is 10.8 Å². The van der Waals surface area contributed by atoms with Crippen molar-refractivity contribution in [2.45, 2.75) is 0 Å². The van der Waals surface area contributed by atoms with Crippen LogP contribution in [0.15, 0.2) is 47.6 Å². The summed E-state index contributed by atoms with van der Waals surface area (Å²) in [6.45, 7) is 0. The highest BCUT2D eigenvalue weighted by atomic mass is 16.5. The molecule has 0 heterocycles. The van der Waals surface area contributed by atoms with Gasteiger partial charge in [-0.15, -0.1) is 0 Å². The van der Waals surface area contributed by atoms with Crippen molar-refractivity contribution in [1.29, 1.82) is 10.7 Å². The van der Waals surface area contributed by atoms with Crippen LogP contribution in [0.3, 0.4) is 0 Å². The number of nitrogens with two attached hydrogens (primary N) is 1. The van der Waals surface area contributed by atoms with Crippen molar-refractivity contribution in [2.75, 3.05) is 12.5 Å².